The Bertz CT molecular complexity index is 602. The second-order valence-corrected chi connectivity index (χ2v) is 4.70. The third kappa shape index (κ3) is 2.62. The van der Waals surface area contributed by atoms with Crippen molar-refractivity contribution in [1.29, 1.82) is 0 Å². The molecule has 0 aliphatic rings. The molecule has 0 aliphatic carbocycles. The van der Waals surface area contributed by atoms with E-state index >= 15 is 0 Å². The second-order valence-electron chi connectivity index (χ2n) is 3.91. The molecule has 2 nitrogen and oxygen atoms in total. The lowest BCUT2D eigenvalue weighted by molar-refractivity contribution is 0.213. The molecule has 2 aromatic carbocycles. The van der Waals surface area contributed by atoms with Crippen molar-refractivity contribution in [3.05, 3.63) is 63.6 Å². The Hall–Kier alpha value is -1.46. The summed E-state index contributed by atoms with van der Waals surface area (Å²) in [6.45, 7) is 0. The number of benzene rings is 2. The predicted octanol–water partition coefficient (Wildman–Crippen LogP) is 3.82. The van der Waals surface area contributed by atoms with E-state index in [9.17, 15) is 13.9 Å². The van der Waals surface area contributed by atoms with Crippen LogP contribution in [0.4, 0.5) is 8.78 Å². The number of aliphatic hydroxyl groups is 1. The number of hydrogen-bond acceptors (Lipinski definition) is 2. The molecule has 2 rings (SSSR count). The highest BCUT2D eigenvalue weighted by molar-refractivity contribution is 9.10. The zero-order valence-electron chi connectivity index (χ0n) is 10.0. The Kier molecular flexibility index (Phi) is 4.17. The van der Waals surface area contributed by atoms with Crippen molar-refractivity contribution in [2.24, 2.45) is 0 Å². The molecule has 5 heteroatoms. The molecule has 0 saturated heterocycles. The van der Waals surface area contributed by atoms with Crippen LogP contribution in [0.5, 0.6) is 5.75 Å². The highest BCUT2D eigenvalue weighted by atomic mass is 79.9. The van der Waals surface area contributed by atoms with Crippen LogP contribution < -0.4 is 4.74 Å². The average Bonchev–Trinajstić information content (AvgIpc) is 2.44. The fourth-order valence-electron chi connectivity index (χ4n) is 1.81. The molecule has 1 N–H and O–H groups in total. The maximum absolute atomic E-state index is 13.5. The topological polar surface area (TPSA) is 29.5 Å². The van der Waals surface area contributed by atoms with Crippen molar-refractivity contribution in [3.8, 4) is 5.75 Å². The molecule has 100 valence electrons. The molecule has 19 heavy (non-hydrogen) atoms. The fraction of sp³-hybridized carbons (Fsp3) is 0.143. The van der Waals surface area contributed by atoms with Gasteiger partial charge in [-0.15, -0.1) is 0 Å². The van der Waals surface area contributed by atoms with E-state index < -0.39 is 17.7 Å². The Morgan fingerprint density at radius 3 is 2.47 bits per heavy atom. The molecule has 0 bridgehead atoms. The summed E-state index contributed by atoms with van der Waals surface area (Å²) in [5, 5.41) is 10.3. The Morgan fingerprint density at radius 2 is 1.79 bits per heavy atom. The smallest absolute Gasteiger partial charge is 0.173 e. The number of methoxy groups -OCH3 is 1. The van der Waals surface area contributed by atoms with E-state index in [2.05, 4.69) is 15.9 Å². The number of halogens is 3. The molecule has 0 saturated carbocycles. The van der Waals surface area contributed by atoms with Crippen LogP contribution in [0.2, 0.25) is 0 Å². The SMILES string of the molecule is COc1ccccc1C(O)c1ccc(F)c(F)c1Br. The molecule has 0 radical (unpaired) electrons. The van der Waals surface area contributed by atoms with Crippen LogP contribution in [0.25, 0.3) is 0 Å². The minimum Gasteiger partial charge on any atom is -0.496 e. The van der Waals surface area contributed by atoms with Gasteiger partial charge in [-0.3, -0.25) is 0 Å². The van der Waals surface area contributed by atoms with Gasteiger partial charge >= 0.3 is 0 Å². The predicted molar refractivity (Wildman–Crippen MR) is 71.1 cm³/mol. The van der Waals surface area contributed by atoms with E-state index in [-0.39, 0.29) is 10.0 Å². The van der Waals surface area contributed by atoms with Crippen LogP contribution in [0.1, 0.15) is 17.2 Å². The molecular weight excluding hydrogens is 318 g/mol. The molecule has 0 amide bonds. The van der Waals surface area contributed by atoms with Gasteiger partial charge in [0.05, 0.1) is 11.6 Å². The summed E-state index contributed by atoms with van der Waals surface area (Å²) >= 11 is 2.96. The van der Waals surface area contributed by atoms with Gasteiger partial charge in [0.2, 0.25) is 0 Å². The van der Waals surface area contributed by atoms with Gasteiger partial charge in [0.15, 0.2) is 11.6 Å². The van der Waals surface area contributed by atoms with Crippen LogP contribution >= 0.6 is 15.9 Å². The molecule has 0 aliphatic heterocycles. The Labute approximate surface area is 117 Å². The lowest BCUT2D eigenvalue weighted by Gasteiger charge is -2.16. The lowest BCUT2D eigenvalue weighted by atomic mass is 10.0. The molecule has 0 heterocycles. The van der Waals surface area contributed by atoms with E-state index in [1.807, 2.05) is 0 Å². The summed E-state index contributed by atoms with van der Waals surface area (Å²) < 4.78 is 31.6. The maximum Gasteiger partial charge on any atom is 0.173 e. The molecule has 0 aromatic heterocycles. The van der Waals surface area contributed by atoms with E-state index in [4.69, 9.17) is 4.74 Å². The summed E-state index contributed by atoms with van der Waals surface area (Å²) in [6, 6.07) is 9.15. The zero-order chi connectivity index (χ0) is 14.0. The third-order valence-electron chi connectivity index (χ3n) is 2.79. The highest BCUT2D eigenvalue weighted by Gasteiger charge is 2.21. The first-order chi connectivity index (χ1) is 9.06. The first kappa shape index (κ1) is 14.0. The van der Waals surface area contributed by atoms with Crippen molar-refractivity contribution >= 4 is 15.9 Å². The maximum atomic E-state index is 13.5. The standard InChI is InChI=1S/C14H11BrF2O2/c1-19-11-5-3-2-4-8(11)14(18)9-6-7-10(16)13(17)12(9)15/h2-7,14,18H,1H3. The van der Waals surface area contributed by atoms with Gasteiger partial charge in [-0.1, -0.05) is 24.3 Å². The van der Waals surface area contributed by atoms with Crippen LogP contribution in [0.3, 0.4) is 0 Å². The van der Waals surface area contributed by atoms with Crippen LogP contribution in [-0.2, 0) is 0 Å². The molecule has 0 spiro atoms. The second kappa shape index (κ2) is 5.67. The van der Waals surface area contributed by atoms with E-state index in [1.54, 1.807) is 24.3 Å². The van der Waals surface area contributed by atoms with Gasteiger partial charge in [0.25, 0.3) is 0 Å². The van der Waals surface area contributed by atoms with Crippen molar-refractivity contribution < 1.29 is 18.6 Å². The van der Waals surface area contributed by atoms with Gasteiger partial charge in [-0.05, 0) is 28.1 Å². The Morgan fingerprint density at radius 1 is 1.11 bits per heavy atom. The van der Waals surface area contributed by atoms with Crippen molar-refractivity contribution in [2.45, 2.75) is 6.10 Å². The number of hydrogen-bond donors (Lipinski definition) is 1. The van der Waals surface area contributed by atoms with Gasteiger partial charge in [0, 0.05) is 11.1 Å². The molecule has 1 atom stereocenters. The van der Waals surface area contributed by atoms with E-state index in [0.29, 0.717) is 11.3 Å². The minimum absolute atomic E-state index is 0.0918. The van der Waals surface area contributed by atoms with Crippen LogP contribution in [-0.4, -0.2) is 12.2 Å². The number of rotatable bonds is 3. The van der Waals surface area contributed by atoms with Gasteiger partial charge < -0.3 is 9.84 Å². The molecule has 1 unspecified atom stereocenters. The summed E-state index contributed by atoms with van der Waals surface area (Å²) in [5.74, 6) is -1.51. The summed E-state index contributed by atoms with van der Waals surface area (Å²) in [4.78, 5) is 0. The Balaban J connectivity index is 2.50. The quantitative estimate of drug-likeness (QED) is 0.868. The van der Waals surface area contributed by atoms with Crippen molar-refractivity contribution in [3.63, 3.8) is 0 Å². The van der Waals surface area contributed by atoms with Crippen LogP contribution in [0, 0.1) is 11.6 Å². The first-order valence-electron chi connectivity index (χ1n) is 5.50. The lowest BCUT2D eigenvalue weighted by Crippen LogP contribution is -2.05. The number of ether oxygens (including phenoxy) is 1. The molecule has 2 aromatic rings. The van der Waals surface area contributed by atoms with Crippen molar-refractivity contribution in [2.75, 3.05) is 7.11 Å². The third-order valence-corrected chi connectivity index (χ3v) is 3.60. The molecular formula is C14H11BrF2O2. The molecule has 0 fully saturated rings. The minimum atomic E-state index is -1.11. The number of aliphatic hydroxyl groups excluding tert-OH is 1. The first-order valence-corrected chi connectivity index (χ1v) is 6.30. The van der Waals surface area contributed by atoms with Crippen molar-refractivity contribution in [1.82, 2.24) is 0 Å². The fourth-order valence-corrected chi connectivity index (χ4v) is 2.35. The summed E-state index contributed by atoms with van der Waals surface area (Å²) in [6.07, 6.45) is -1.11. The highest BCUT2D eigenvalue weighted by Crippen LogP contribution is 2.35. The van der Waals surface area contributed by atoms with E-state index in [0.717, 1.165) is 6.07 Å². The van der Waals surface area contributed by atoms with E-state index in [1.165, 1.54) is 13.2 Å². The summed E-state index contributed by atoms with van der Waals surface area (Å²) in [7, 11) is 1.48. The monoisotopic (exact) mass is 328 g/mol. The van der Waals surface area contributed by atoms with Gasteiger partial charge in [0.1, 0.15) is 11.9 Å². The van der Waals surface area contributed by atoms with Gasteiger partial charge in [-0.2, -0.15) is 0 Å². The largest absolute Gasteiger partial charge is 0.496 e. The van der Waals surface area contributed by atoms with Gasteiger partial charge in [-0.25, -0.2) is 8.78 Å². The average molecular weight is 329 g/mol. The summed E-state index contributed by atoms with van der Waals surface area (Å²) in [5.41, 5.74) is 0.722. The normalized spacial score (nSPS) is 12.3. The number of para-hydroxylation sites is 1. The van der Waals surface area contributed by atoms with Crippen LogP contribution in [0.15, 0.2) is 40.9 Å². The zero-order valence-corrected chi connectivity index (χ0v) is 11.6.